The topological polar surface area (TPSA) is 53.7 Å². The smallest absolute Gasteiger partial charge is 0.335 e. The predicted molar refractivity (Wildman–Crippen MR) is 113 cm³/mol. The van der Waals surface area contributed by atoms with Crippen LogP contribution in [0.15, 0.2) is 34.8 Å². The summed E-state index contributed by atoms with van der Waals surface area (Å²) in [6.45, 7) is 6.62. The van der Waals surface area contributed by atoms with Crippen molar-refractivity contribution in [1.82, 2.24) is 24.4 Å². The molecule has 0 unspecified atom stereocenters. The molecule has 4 rings (SSSR count). The number of aryl methyl sites for hydroxylation is 2. The molecule has 0 spiro atoms. The first kappa shape index (κ1) is 21.8. The average molecular weight is 496 g/mol. The largest absolute Gasteiger partial charge is 0.433 e. The van der Waals surface area contributed by atoms with Crippen molar-refractivity contribution in [2.24, 2.45) is 0 Å². The number of fused-ring (bicyclic) bond motifs is 1. The monoisotopic (exact) mass is 495 g/mol. The van der Waals surface area contributed by atoms with Crippen LogP contribution in [0.25, 0.3) is 5.65 Å². The summed E-state index contributed by atoms with van der Waals surface area (Å²) in [6.07, 6.45) is -4.61. The van der Waals surface area contributed by atoms with Gasteiger partial charge in [-0.3, -0.25) is 9.69 Å². The van der Waals surface area contributed by atoms with Crippen LogP contribution in [-0.2, 0) is 12.7 Å². The lowest BCUT2D eigenvalue weighted by Gasteiger charge is -2.34. The highest BCUT2D eigenvalue weighted by Gasteiger charge is 2.36. The summed E-state index contributed by atoms with van der Waals surface area (Å²) in [5.41, 5.74) is 1.57. The van der Waals surface area contributed by atoms with Gasteiger partial charge in [-0.2, -0.15) is 18.3 Å². The first-order chi connectivity index (χ1) is 14.6. The van der Waals surface area contributed by atoms with Crippen molar-refractivity contribution >= 4 is 27.5 Å². The number of alkyl halides is 3. The zero-order chi connectivity index (χ0) is 22.3. The Labute approximate surface area is 185 Å². The molecular weight excluding hydrogens is 475 g/mol. The second kappa shape index (κ2) is 8.23. The Hall–Kier alpha value is -2.46. The van der Waals surface area contributed by atoms with E-state index in [1.807, 2.05) is 19.1 Å². The van der Waals surface area contributed by atoms with Gasteiger partial charge >= 0.3 is 6.18 Å². The fraction of sp³-hybridized carbons (Fsp3) is 0.381. The van der Waals surface area contributed by atoms with Crippen LogP contribution in [0.4, 0.5) is 13.2 Å². The maximum absolute atomic E-state index is 13.4. The Morgan fingerprint density at radius 2 is 1.84 bits per heavy atom. The zero-order valence-corrected chi connectivity index (χ0v) is 18.7. The van der Waals surface area contributed by atoms with Crippen LogP contribution in [0, 0.1) is 13.8 Å². The van der Waals surface area contributed by atoms with Crippen molar-refractivity contribution in [2.75, 3.05) is 26.2 Å². The molecule has 6 nitrogen and oxygen atoms in total. The quantitative estimate of drug-likeness (QED) is 0.549. The molecule has 164 valence electrons. The number of carbonyl (C=O) groups excluding carboxylic acids is 1. The lowest BCUT2D eigenvalue weighted by Crippen LogP contribution is -2.48. The molecule has 1 aliphatic rings. The third-order valence-electron chi connectivity index (χ3n) is 5.30. The molecule has 3 heterocycles. The predicted octanol–water partition coefficient (Wildman–Crippen LogP) is 4.09. The van der Waals surface area contributed by atoms with Crippen molar-refractivity contribution < 1.29 is 18.0 Å². The standard InChI is InChI=1S/C21H21BrF3N5O/c1-13-4-3-5-15(10-13)12-28-6-8-29(9-7-28)20(31)18-17(22)19-26-14(2)11-16(21(23,24)25)30(19)27-18/h3-5,10-11H,6-9,12H2,1-2H3. The van der Waals surface area contributed by atoms with Gasteiger partial charge in [0.05, 0.1) is 4.47 Å². The lowest BCUT2D eigenvalue weighted by molar-refractivity contribution is -0.142. The number of hydrogen-bond donors (Lipinski definition) is 0. The number of amides is 1. The fourth-order valence-electron chi connectivity index (χ4n) is 3.78. The first-order valence-corrected chi connectivity index (χ1v) is 10.6. The third-order valence-corrected chi connectivity index (χ3v) is 6.03. The summed E-state index contributed by atoms with van der Waals surface area (Å²) >= 11 is 3.25. The van der Waals surface area contributed by atoms with Crippen LogP contribution in [0.5, 0.6) is 0 Å². The molecule has 1 fully saturated rings. The molecule has 0 bridgehead atoms. The Kier molecular flexibility index (Phi) is 5.78. The van der Waals surface area contributed by atoms with Crippen molar-refractivity contribution in [2.45, 2.75) is 26.6 Å². The number of carbonyl (C=O) groups is 1. The molecule has 10 heteroatoms. The van der Waals surface area contributed by atoms with Gasteiger partial charge in [0.1, 0.15) is 5.69 Å². The second-order valence-corrected chi connectivity index (χ2v) is 8.53. The van der Waals surface area contributed by atoms with Crippen LogP contribution in [0.3, 0.4) is 0 Å². The summed E-state index contributed by atoms with van der Waals surface area (Å²) in [7, 11) is 0. The molecule has 31 heavy (non-hydrogen) atoms. The van der Waals surface area contributed by atoms with Crippen molar-refractivity contribution in [1.29, 1.82) is 0 Å². The van der Waals surface area contributed by atoms with Crippen LogP contribution in [-0.4, -0.2) is 56.5 Å². The summed E-state index contributed by atoms with van der Waals surface area (Å²) < 4.78 is 41.2. The molecule has 2 aromatic heterocycles. The number of benzene rings is 1. The highest BCUT2D eigenvalue weighted by atomic mass is 79.9. The number of rotatable bonds is 3. The summed E-state index contributed by atoms with van der Waals surface area (Å²) in [6, 6.07) is 9.21. The van der Waals surface area contributed by atoms with Gasteiger partial charge in [-0.05, 0) is 41.4 Å². The minimum atomic E-state index is -4.61. The molecule has 1 aliphatic heterocycles. The van der Waals surface area contributed by atoms with E-state index in [0.717, 1.165) is 12.6 Å². The number of nitrogens with zero attached hydrogens (tertiary/aromatic N) is 5. The minimum absolute atomic E-state index is 0.0197. The molecule has 0 N–H and O–H groups in total. The summed E-state index contributed by atoms with van der Waals surface area (Å²) in [4.78, 5) is 21.1. The number of aromatic nitrogens is 3. The Morgan fingerprint density at radius 1 is 1.13 bits per heavy atom. The zero-order valence-electron chi connectivity index (χ0n) is 17.1. The number of piperazine rings is 1. The van der Waals surface area contributed by atoms with E-state index in [-0.39, 0.29) is 21.5 Å². The van der Waals surface area contributed by atoms with Gasteiger partial charge < -0.3 is 4.90 Å². The Bertz CT molecular complexity index is 1140. The number of halogens is 4. The van der Waals surface area contributed by atoms with Gasteiger partial charge in [0.15, 0.2) is 11.3 Å². The van der Waals surface area contributed by atoms with E-state index in [2.05, 4.69) is 43.0 Å². The molecule has 0 atom stereocenters. The van der Waals surface area contributed by atoms with E-state index in [0.29, 0.717) is 30.7 Å². The van der Waals surface area contributed by atoms with E-state index in [4.69, 9.17) is 0 Å². The second-order valence-electron chi connectivity index (χ2n) is 7.74. The van der Waals surface area contributed by atoms with Gasteiger partial charge in [0.25, 0.3) is 5.91 Å². The average Bonchev–Trinajstić information content (AvgIpc) is 3.03. The molecule has 3 aromatic rings. The maximum Gasteiger partial charge on any atom is 0.433 e. The highest BCUT2D eigenvalue weighted by molar-refractivity contribution is 9.10. The SMILES string of the molecule is Cc1cccc(CN2CCN(C(=O)c3nn4c(C(F)(F)F)cc(C)nc4c3Br)CC2)c1. The molecule has 0 radical (unpaired) electrons. The van der Waals surface area contributed by atoms with Gasteiger partial charge in [0.2, 0.25) is 0 Å². The molecule has 1 amide bonds. The molecule has 1 aromatic carbocycles. The first-order valence-electron chi connectivity index (χ1n) is 9.84. The fourth-order valence-corrected chi connectivity index (χ4v) is 4.28. The normalized spacial score (nSPS) is 15.6. The van der Waals surface area contributed by atoms with Crippen LogP contribution in [0.2, 0.25) is 0 Å². The Balaban J connectivity index is 1.52. The minimum Gasteiger partial charge on any atom is -0.335 e. The number of hydrogen-bond acceptors (Lipinski definition) is 4. The van der Waals surface area contributed by atoms with Crippen LogP contribution >= 0.6 is 15.9 Å². The van der Waals surface area contributed by atoms with E-state index >= 15 is 0 Å². The van der Waals surface area contributed by atoms with E-state index in [9.17, 15) is 18.0 Å². The molecule has 1 saturated heterocycles. The Morgan fingerprint density at radius 3 is 2.48 bits per heavy atom. The lowest BCUT2D eigenvalue weighted by atomic mass is 10.1. The summed E-state index contributed by atoms with van der Waals surface area (Å²) in [5.74, 6) is -0.404. The van der Waals surface area contributed by atoms with E-state index in [1.54, 1.807) is 4.90 Å². The van der Waals surface area contributed by atoms with Gasteiger partial charge in [-0.1, -0.05) is 29.8 Å². The van der Waals surface area contributed by atoms with Gasteiger partial charge in [0, 0.05) is 38.4 Å². The van der Waals surface area contributed by atoms with Crippen LogP contribution < -0.4 is 0 Å². The van der Waals surface area contributed by atoms with E-state index in [1.165, 1.54) is 18.1 Å². The highest BCUT2D eigenvalue weighted by Crippen LogP contribution is 2.32. The molecule has 0 aliphatic carbocycles. The third kappa shape index (κ3) is 4.45. The van der Waals surface area contributed by atoms with E-state index < -0.39 is 17.8 Å². The molecule has 0 saturated carbocycles. The van der Waals surface area contributed by atoms with Crippen LogP contribution in [0.1, 0.15) is 33.0 Å². The van der Waals surface area contributed by atoms with Crippen molar-refractivity contribution in [3.05, 3.63) is 63.0 Å². The summed E-state index contributed by atoms with van der Waals surface area (Å²) in [5, 5.41) is 3.97. The molecular formula is C21H21BrF3N5O. The van der Waals surface area contributed by atoms with Gasteiger partial charge in [-0.25, -0.2) is 9.50 Å². The van der Waals surface area contributed by atoms with Gasteiger partial charge in [-0.15, -0.1) is 0 Å². The van der Waals surface area contributed by atoms with Crippen molar-refractivity contribution in [3.8, 4) is 0 Å². The van der Waals surface area contributed by atoms with Crippen molar-refractivity contribution in [3.63, 3.8) is 0 Å². The maximum atomic E-state index is 13.4.